The predicted molar refractivity (Wildman–Crippen MR) is 131 cm³/mol. The number of fused-ring (bicyclic) bond motifs is 2. The first-order chi connectivity index (χ1) is 17.4. The molecule has 1 aliphatic rings. The Kier molecular flexibility index (Phi) is 5.07. The lowest BCUT2D eigenvalue weighted by Gasteiger charge is -2.25. The van der Waals surface area contributed by atoms with Crippen molar-refractivity contribution < 1.29 is 27.5 Å². The molecule has 5 aromatic rings. The Morgan fingerprint density at radius 1 is 0.944 bits per heavy atom. The molecule has 178 valence electrons. The van der Waals surface area contributed by atoms with Crippen molar-refractivity contribution in [3.8, 4) is 5.75 Å². The van der Waals surface area contributed by atoms with Crippen LogP contribution in [0.15, 0.2) is 77.2 Å². The molecule has 0 fully saturated rings. The van der Waals surface area contributed by atoms with Crippen molar-refractivity contribution in [3.05, 3.63) is 107 Å². The van der Waals surface area contributed by atoms with Crippen molar-refractivity contribution in [1.29, 1.82) is 0 Å². The van der Waals surface area contributed by atoms with Crippen LogP contribution in [0.25, 0.3) is 33.2 Å². The van der Waals surface area contributed by atoms with Gasteiger partial charge in [-0.25, -0.2) is 13.8 Å². The van der Waals surface area contributed by atoms with Gasteiger partial charge < -0.3 is 13.9 Å². The first-order valence-electron chi connectivity index (χ1n) is 11.4. The highest BCUT2D eigenvalue weighted by Gasteiger charge is 2.28. The summed E-state index contributed by atoms with van der Waals surface area (Å²) in [6.07, 6.45) is -0.662. The summed E-state index contributed by atoms with van der Waals surface area (Å²) in [7, 11) is 0. The van der Waals surface area contributed by atoms with E-state index in [0.717, 1.165) is 27.5 Å². The second-order valence-electron chi connectivity index (χ2n) is 8.57. The first kappa shape index (κ1) is 22.0. The molecule has 0 spiro atoms. The van der Waals surface area contributed by atoms with Gasteiger partial charge in [0, 0.05) is 34.9 Å². The topological polar surface area (TPSA) is 61.6 Å². The number of halogens is 2. The molecule has 1 unspecified atom stereocenters. The number of oxazole rings is 1. The van der Waals surface area contributed by atoms with E-state index in [4.69, 9.17) is 13.9 Å². The zero-order valence-corrected chi connectivity index (χ0v) is 19.3. The molecule has 0 saturated heterocycles. The number of carbonyl (C=O) groups is 1. The third kappa shape index (κ3) is 3.60. The monoisotopic (exact) mass is 483 g/mol. The van der Waals surface area contributed by atoms with Gasteiger partial charge in [-0.1, -0.05) is 30.3 Å². The Bertz CT molecular complexity index is 1690. The Morgan fingerprint density at radius 3 is 2.28 bits per heavy atom. The molecule has 7 heteroatoms. The number of nitrogens with zero attached hydrogens (tertiary/aromatic N) is 1. The second kappa shape index (κ2) is 8.30. The molecule has 4 aromatic carbocycles. The number of aromatic nitrogens is 1. The molecule has 0 amide bonds. The van der Waals surface area contributed by atoms with Crippen LogP contribution in [0.1, 0.15) is 42.5 Å². The average molecular weight is 483 g/mol. The fraction of sp³-hybridized carbons (Fsp3) is 0.103. The van der Waals surface area contributed by atoms with Gasteiger partial charge in [0.15, 0.2) is 11.7 Å². The summed E-state index contributed by atoms with van der Waals surface area (Å²) in [5.74, 6) is 0.191. The lowest BCUT2D eigenvalue weighted by Crippen LogP contribution is -2.07. The molecule has 1 aliphatic heterocycles. The lowest BCUT2D eigenvalue weighted by molar-refractivity contribution is -0.146. The molecule has 1 atom stereocenters. The quantitative estimate of drug-likeness (QED) is 0.253. The summed E-state index contributed by atoms with van der Waals surface area (Å²) < 4.78 is 45.2. The largest absolute Gasteiger partial charge is 0.455 e. The highest BCUT2D eigenvalue weighted by Crippen LogP contribution is 2.47. The van der Waals surface area contributed by atoms with E-state index in [1.165, 1.54) is 31.2 Å². The van der Waals surface area contributed by atoms with E-state index in [1.54, 1.807) is 37.3 Å². The van der Waals surface area contributed by atoms with E-state index >= 15 is 0 Å². The zero-order valence-electron chi connectivity index (χ0n) is 19.3. The summed E-state index contributed by atoms with van der Waals surface area (Å²) in [6.45, 7) is 3.02. The molecule has 0 N–H and O–H groups in total. The third-order valence-electron chi connectivity index (χ3n) is 6.13. The molecule has 2 heterocycles. The minimum atomic E-state index is -0.662. The van der Waals surface area contributed by atoms with Gasteiger partial charge in [0.2, 0.25) is 5.89 Å². The number of carbonyl (C=O) groups excluding carboxylic acids is 1. The molecule has 1 aromatic heterocycles. The number of esters is 1. The maximum Gasteiger partial charge on any atom is 0.303 e. The molecule has 6 rings (SSSR count). The second-order valence-corrected chi connectivity index (χ2v) is 8.57. The van der Waals surface area contributed by atoms with Gasteiger partial charge in [0.1, 0.15) is 28.7 Å². The van der Waals surface area contributed by atoms with Crippen LogP contribution in [0.4, 0.5) is 8.78 Å². The van der Waals surface area contributed by atoms with Crippen molar-refractivity contribution in [2.24, 2.45) is 0 Å². The summed E-state index contributed by atoms with van der Waals surface area (Å²) >= 11 is 0. The van der Waals surface area contributed by atoms with E-state index in [0.29, 0.717) is 28.2 Å². The van der Waals surface area contributed by atoms with Crippen molar-refractivity contribution in [1.82, 2.24) is 4.98 Å². The van der Waals surface area contributed by atoms with Crippen LogP contribution >= 0.6 is 0 Å². The summed E-state index contributed by atoms with van der Waals surface area (Å²) in [5, 5.41) is 1.57. The highest BCUT2D eigenvalue weighted by atomic mass is 19.1. The van der Waals surface area contributed by atoms with E-state index in [-0.39, 0.29) is 17.5 Å². The van der Waals surface area contributed by atoms with Gasteiger partial charge in [0.25, 0.3) is 0 Å². The molecular weight excluding hydrogens is 464 g/mol. The van der Waals surface area contributed by atoms with Gasteiger partial charge in [-0.3, -0.25) is 4.79 Å². The van der Waals surface area contributed by atoms with E-state index < -0.39 is 12.1 Å². The van der Waals surface area contributed by atoms with E-state index in [2.05, 4.69) is 4.98 Å². The van der Waals surface area contributed by atoms with Gasteiger partial charge >= 0.3 is 5.97 Å². The Labute approximate surface area is 204 Å². The first-order valence-corrected chi connectivity index (χ1v) is 11.4. The minimum absolute atomic E-state index is 0.272. The lowest BCUT2D eigenvalue weighted by atomic mass is 9.88. The number of hydrogen-bond donors (Lipinski definition) is 0. The maximum absolute atomic E-state index is 13.8. The molecule has 5 nitrogen and oxygen atoms in total. The summed E-state index contributed by atoms with van der Waals surface area (Å²) in [5.41, 5.74) is 4.10. The molecular formula is C29H19F2NO4. The van der Waals surface area contributed by atoms with E-state index in [1.807, 2.05) is 18.2 Å². The van der Waals surface area contributed by atoms with Gasteiger partial charge in [-0.05, 0) is 54.4 Å². The van der Waals surface area contributed by atoms with Crippen LogP contribution in [0.2, 0.25) is 0 Å². The van der Waals surface area contributed by atoms with Gasteiger partial charge in [0.05, 0.1) is 0 Å². The van der Waals surface area contributed by atoms with Crippen LogP contribution in [-0.4, -0.2) is 11.0 Å². The Morgan fingerprint density at radius 2 is 1.61 bits per heavy atom. The standard InChI is InChI=1S/C29H19F2NO4/c1-15(34-16(2)33)29-32-23-14-24-26-21(4-3-5-22(26)28(23)36-29)25(17-6-10-19(30)11-7-17)27(35-24)18-8-12-20(31)13-9-18/h3-15H,1-2H3. The zero-order chi connectivity index (χ0) is 25.0. The number of rotatable bonds is 4. The van der Waals surface area contributed by atoms with Gasteiger partial charge in [-0.15, -0.1) is 0 Å². The molecule has 36 heavy (non-hydrogen) atoms. The SMILES string of the molecule is CC(=O)OC(C)c1nc2cc3c4c(cccc4c2o1)C(c1ccc(F)cc1)=C(c1ccc(F)cc1)O3. The van der Waals surface area contributed by atoms with Gasteiger partial charge in [-0.2, -0.15) is 0 Å². The fourth-order valence-electron chi connectivity index (χ4n) is 4.60. The Balaban J connectivity index is 1.62. The predicted octanol–water partition coefficient (Wildman–Crippen LogP) is 7.19. The normalized spacial score (nSPS) is 13.7. The number of benzene rings is 4. The van der Waals surface area contributed by atoms with E-state index in [9.17, 15) is 13.6 Å². The average Bonchev–Trinajstić information content (AvgIpc) is 3.29. The summed E-state index contributed by atoms with van der Waals surface area (Å²) in [4.78, 5) is 16.0. The molecule has 0 radical (unpaired) electrons. The van der Waals surface area contributed by atoms with Crippen LogP contribution in [-0.2, 0) is 9.53 Å². The maximum atomic E-state index is 13.8. The van der Waals surface area contributed by atoms with Crippen LogP contribution in [0.5, 0.6) is 5.75 Å². The van der Waals surface area contributed by atoms with Crippen LogP contribution < -0.4 is 4.74 Å². The smallest absolute Gasteiger partial charge is 0.303 e. The summed E-state index contributed by atoms with van der Waals surface area (Å²) in [6, 6.07) is 19.7. The molecule has 0 saturated carbocycles. The van der Waals surface area contributed by atoms with Crippen molar-refractivity contribution in [3.63, 3.8) is 0 Å². The fourth-order valence-corrected chi connectivity index (χ4v) is 4.60. The minimum Gasteiger partial charge on any atom is -0.455 e. The molecule has 0 aliphatic carbocycles. The van der Waals surface area contributed by atoms with Crippen LogP contribution in [0, 0.1) is 11.6 Å². The Hall–Kier alpha value is -4.52. The van der Waals surface area contributed by atoms with Crippen molar-refractivity contribution in [2.75, 3.05) is 0 Å². The highest BCUT2D eigenvalue weighted by molar-refractivity contribution is 6.16. The van der Waals surface area contributed by atoms with Crippen LogP contribution in [0.3, 0.4) is 0 Å². The molecule has 0 bridgehead atoms. The number of ether oxygens (including phenoxy) is 2. The third-order valence-corrected chi connectivity index (χ3v) is 6.13. The van der Waals surface area contributed by atoms with Crippen molar-refractivity contribution in [2.45, 2.75) is 20.0 Å². The van der Waals surface area contributed by atoms with Crippen molar-refractivity contribution >= 4 is 39.2 Å². The number of hydrogen-bond acceptors (Lipinski definition) is 5.